The van der Waals surface area contributed by atoms with E-state index in [0.29, 0.717) is 0 Å². The molecule has 0 bridgehead atoms. The molecule has 0 spiro atoms. The van der Waals surface area contributed by atoms with Crippen LogP contribution < -0.4 is 5.73 Å². The number of hydrogen-bond donors (Lipinski definition) is 1. The Morgan fingerprint density at radius 1 is 1.10 bits per heavy atom. The van der Waals surface area contributed by atoms with E-state index in [9.17, 15) is 13.2 Å². The zero-order valence-electron chi connectivity index (χ0n) is 12.3. The standard InChI is InChI=1S/C15H22F3NO/c1-10(15(16,17)18)20-9-13(19)11-5-7-12(8-6-11)14(2,3)4/h5-8,10,13H,9,19H2,1-4H3. The maximum atomic E-state index is 12.3. The topological polar surface area (TPSA) is 35.2 Å². The molecule has 0 aliphatic rings. The van der Waals surface area contributed by atoms with Crippen molar-refractivity contribution in [2.75, 3.05) is 6.61 Å². The Labute approximate surface area is 118 Å². The molecule has 2 N–H and O–H groups in total. The van der Waals surface area contributed by atoms with Gasteiger partial charge in [-0.1, -0.05) is 45.0 Å². The maximum absolute atomic E-state index is 12.3. The fourth-order valence-electron chi connectivity index (χ4n) is 1.67. The van der Waals surface area contributed by atoms with E-state index in [-0.39, 0.29) is 12.0 Å². The van der Waals surface area contributed by atoms with Crippen LogP contribution in [0.5, 0.6) is 0 Å². The molecule has 0 fully saturated rings. The number of nitrogens with two attached hydrogens (primary N) is 1. The fraction of sp³-hybridized carbons (Fsp3) is 0.600. The third-order valence-corrected chi connectivity index (χ3v) is 3.19. The van der Waals surface area contributed by atoms with Gasteiger partial charge in [-0.25, -0.2) is 0 Å². The highest BCUT2D eigenvalue weighted by Crippen LogP contribution is 2.25. The van der Waals surface area contributed by atoms with Gasteiger partial charge in [0, 0.05) is 0 Å². The van der Waals surface area contributed by atoms with Gasteiger partial charge in [-0.2, -0.15) is 13.2 Å². The molecule has 1 rings (SSSR count). The first kappa shape index (κ1) is 17.0. The van der Waals surface area contributed by atoms with Gasteiger partial charge < -0.3 is 10.5 Å². The van der Waals surface area contributed by atoms with Crippen molar-refractivity contribution in [3.05, 3.63) is 35.4 Å². The quantitative estimate of drug-likeness (QED) is 0.911. The molecule has 1 aromatic carbocycles. The summed E-state index contributed by atoms with van der Waals surface area (Å²) in [7, 11) is 0. The van der Waals surface area contributed by atoms with Gasteiger partial charge in [0.25, 0.3) is 0 Å². The first-order chi connectivity index (χ1) is 9.01. The van der Waals surface area contributed by atoms with Crippen LogP contribution in [-0.4, -0.2) is 18.9 Å². The van der Waals surface area contributed by atoms with E-state index in [0.717, 1.165) is 18.1 Å². The molecular weight excluding hydrogens is 267 g/mol. The van der Waals surface area contributed by atoms with Crippen molar-refractivity contribution in [3.8, 4) is 0 Å². The van der Waals surface area contributed by atoms with Gasteiger partial charge in [0.15, 0.2) is 6.10 Å². The predicted octanol–water partition coefficient (Wildman–Crippen LogP) is 3.95. The highest BCUT2D eigenvalue weighted by Gasteiger charge is 2.37. The number of halogens is 3. The number of ether oxygens (including phenoxy) is 1. The monoisotopic (exact) mass is 289 g/mol. The smallest absolute Gasteiger partial charge is 0.367 e. The Balaban J connectivity index is 2.63. The van der Waals surface area contributed by atoms with Gasteiger partial charge in [0.2, 0.25) is 0 Å². The van der Waals surface area contributed by atoms with E-state index >= 15 is 0 Å². The summed E-state index contributed by atoms with van der Waals surface area (Å²) in [5.74, 6) is 0. The van der Waals surface area contributed by atoms with Crippen LogP contribution >= 0.6 is 0 Å². The normalized spacial score (nSPS) is 16.0. The molecule has 5 heteroatoms. The summed E-state index contributed by atoms with van der Waals surface area (Å²) >= 11 is 0. The van der Waals surface area contributed by atoms with Gasteiger partial charge in [0.1, 0.15) is 0 Å². The number of alkyl halides is 3. The van der Waals surface area contributed by atoms with Crippen molar-refractivity contribution in [2.24, 2.45) is 5.73 Å². The molecule has 2 atom stereocenters. The predicted molar refractivity (Wildman–Crippen MR) is 73.5 cm³/mol. The summed E-state index contributed by atoms with van der Waals surface area (Å²) < 4.78 is 41.7. The van der Waals surface area contributed by atoms with Crippen molar-refractivity contribution in [2.45, 2.75) is 51.4 Å². The van der Waals surface area contributed by atoms with Gasteiger partial charge >= 0.3 is 6.18 Å². The SMILES string of the molecule is CC(OCC(N)c1ccc(C(C)(C)C)cc1)C(F)(F)F. The second kappa shape index (κ2) is 6.14. The van der Waals surface area contributed by atoms with E-state index < -0.39 is 18.3 Å². The maximum Gasteiger partial charge on any atom is 0.414 e. The van der Waals surface area contributed by atoms with Crippen LogP contribution in [0.25, 0.3) is 0 Å². The Kier molecular flexibility index (Phi) is 5.21. The number of benzene rings is 1. The Hall–Kier alpha value is -1.07. The highest BCUT2D eigenvalue weighted by atomic mass is 19.4. The van der Waals surface area contributed by atoms with Crippen molar-refractivity contribution in [1.82, 2.24) is 0 Å². The lowest BCUT2D eigenvalue weighted by Crippen LogP contribution is -2.31. The molecule has 0 aliphatic carbocycles. The molecule has 0 saturated heterocycles. The third-order valence-electron chi connectivity index (χ3n) is 3.19. The van der Waals surface area contributed by atoms with Gasteiger partial charge in [-0.15, -0.1) is 0 Å². The zero-order chi connectivity index (χ0) is 15.6. The lowest BCUT2D eigenvalue weighted by molar-refractivity contribution is -0.215. The average Bonchev–Trinajstić information content (AvgIpc) is 2.33. The minimum atomic E-state index is -4.35. The Morgan fingerprint density at radius 3 is 2.00 bits per heavy atom. The van der Waals surface area contributed by atoms with Crippen LogP contribution in [0.2, 0.25) is 0 Å². The Morgan fingerprint density at radius 2 is 1.60 bits per heavy atom. The first-order valence-corrected chi connectivity index (χ1v) is 6.56. The van der Waals surface area contributed by atoms with Crippen molar-refractivity contribution in [1.29, 1.82) is 0 Å². The fourth-order valence-corrected chi connectivity index (χ4v) is 1.67. The molecule has 20 heavy (non-hydrogen) atoms. The van der Waals surface area contributed by atoms with Gasteiger partial charge in [-0.3, -0.25) is 0 Å². The lowest BCUT2D eigenvalue weighted by atomic mass is 9.86. The summed E-state index contributed by atoms with van der Waals surface area (Å²) in [6, 6.07) is 7.01. The molecule has 0 radical (unpaired) electrons. The summed E-state index contributed by atoms with van der Waals surface area (Å²) in [6.07, 6.45) is -6.15. The van der Waals surface area contributed by atoms with E-state index in [4.69, 9.17) is 10.5 Å². The number of rotatable bonds is 4. The molecule has 0 saturated carbocycles. The molecule has 1 aromatic rings. The van der Waals surface area contributed by atoms with Crippen LogP contribution in [0, 0.1) is 0 Å². The largest absolute Gasteiger partial charge is 0.414 e. The molecule has 0 amide bonds. The van der Waals surface area contributed by atoms with Crippen LogP contribution in [0.4, 0.5) is 13.2 Å². The van der Waals surface area contributed by atoms with E-state index in [1.165, 1.54) is 0 Å². The van der Waals surface area contributed by atoms with Crippen molar-refractivity contribution >= 4 is 0 Å². The van der Waals surface area contributed by atoms with Gasteiger partial charge in [0.05, 0.1) is 12.6 Å². The highest BCUT2D eigenvalue weighted by molar-refractivity contribution is 5.29. The van der Waals surface area contributed by atoms with E-state index in [2.05, 4.69) is 20.8 Å². The molecule has 0 aliphatic heterocycles. The van der Waals surface area contributed by atoms with Crippen molar-refractivity contribution < 1.29 is 17.9 Å². The molecule has 2 unspecified atom stereocenters. The lowest BCUT2D eigenvalue weighted by Gasteiger charge is -2.21. The molecule has 0 aromatic heterocycles. The average molecular weight is 289 g/mol. The molecule has 2 nitrogen and oxygen atoms in total. The molecular formula is C15H22F3NO. The second-order valence-corrected chi connectivity index (χ2v) is 6.00. The van der Waals surface area contributed by atoms with E-state index in [1.807, 2.05) is 24.3 Å². The first-order valence-electron chi connectivity index (χ1n) is 6.56. The second-order valence-electron chi connectivity index (χ2n) is 6.00. The van der Waals surface area contributed by atoms with E-state index in [1.54, 1.807) is 0 Å². The van der Waals surface area contributed by atoms with Crippen LogP contribution in [-0.2, 0) is 10.2 Å². The third kappa shape index (κ3) is 4.80. The zero-order valence-corrected chi connectivity index (χ0v) is 12.3. The Bertz CT molecular complexity index is 420. The van der Waals surface area contributed by atoms with Gasteiger partial charge in [-0.05, 0) is 23.5 Å². The van der Waals surface area contributed by atoms with Crippen molar-refractivity contribution in [3.63, 3.8) is 0 Å². The molecule has 114 valence electrons. The van der Waals surface area contributed by atoms with Crippen LogP contribution in [0.3, 0.4) is 0 Å². The summed E-state index contributed by atoms with van der Waals surface area (Å²) in [5, 5.41) is 0. The van der Waals surface area contributed by atoms with Crippen LogP contribution in [0.15, 0.2) is 24.3 Å². The molecule has 0 heterocycles. The minimum Gasteiger partial charge on any atom is -0.367 e. The van der Waals surface area contributed by atoms with Crippen LogP contribution in [0.1, 0.15) is 44.9 Å². The summed E-state index contributed by atoms with van der Waals surface area (Å²) in [5.41, 5.74) is 7.81. The minimum absolute atomic E-state index is 0.0317. The summed E-state index contributed by atoms with van der Waals surface area (Å²) in [4.78, 5) is 0. The summed E-state index contributed by atoms with van der Waals surface area (Å²) in [6.45, 7) is 7.10. The number of hydrogen-bond acceptors (Lipinski definition) is 2.